The fraction of sp³-hybridized carbons (Fsp3) is 0.231. The van der Waals surface area contributed by atoms with Gasteiger partial charge < -0.3 is 4.74 Å². The van der Waals surface area contributed by atoms with Gasteiger partial charge in [0, 0.05) is 5.39 Å². The van der Waals surface area contributed by atoms with Gasteiger partial charge >= 0.3 is 15.5 Å². The summed E-state index contributed by atoms with van der Waals surface area (Å²) in [4.78, 5) is -0.650. The molecule has 0 bridgehead atoms. The van der Waals surface area contributed by atoms with E-state index in [1.165, 1.54) is 18.2 Å². The van der Waals surface area contributed by atoms with Crippen LogP contribution in [-0.4, -0.2) is 32.8 Å². The molecule has 0 amide bonds. The highest BCUT2D eigenvalue weighted by Crippen LogP contribution is 2.37. The molecule has 2 aromatic rings. The van der Waals surface area contributed by atoms with Crippen LogP contribution in [0.25, 0.3) is 10.8 Å². The molecular formula is C13H11F3N2O5S2. The number of benzene rings is 2. The fourth-order valence-electron chi connectivity index (χ4n) is 2.37. The van der Waals surface area contributed by atoms with Crippen LogP contribution in [0.15, 0.2) is 41.3 Å². The number of hydrazine groups is 1. The molecule has 0 spiro atoms. The van der Waals surface area contributed by atoms with Crippen LogP contribution in [-0.2, 0) is 24.8 Å². The molecule has 0 radical (unpaired) electrons. The molecule has 2 N–H and O–H groups in total. The van der Waals surface area contributed by atoms with Crippen LogP contribution >= 0.6 is 0 Å². The maximum absolute atomic E-state index is 12.6. The average molecular weight is 396 g/mol. The van der Waals surface area contributed by atoms with Crippen LogP contribution in [0.5, 0.6) is 0 Å². The third kappa shape index (κ3) is 2.89. The van der Waals surface area contributed by atoms with E-state index in [9.17, 15) is 30.0 Å². The van der Waals surface area contributed by atoms with Gasteiger partial charge in [-0.05, 0) is 20.8 Å². The molecule has 2 aromatic carbocycles. The van der Waals surface area contributed by atoms with Crippen molar-refractivity contribution in [1.29, 1.82) is 0 Å². The molecule has 1 atom stereocenters. The van der Waals surface area contributed by atoms with Crippen molar-refractivity contribution in [3.8, 4) is 0 Å². The van der Waals surface area contributed by atoms with Gasteiger partial charge in [0.25, 0.3) is 10.0 Å². The van der Waals surface area contributed by atoms with E-state index in [0.29, 0.717) is 17.6 Å². The number of rotatable bonds is 4. The van der Waals surface area contributed by atoms with Crippen LogP contribution in [0.1, 0.15) is 11.7 Å². The average Bonchev–Trinajstić information content (AvgIpc) is 3.36. The summed E-state index contributed by atoms with van der Waals surface area (Å²) in [7, 11) is -11.4. The molecule has 0 aromatic heterocycles. The summed E-state index contributed by atoms with van der Waals surface area (Å²) in [6.07, 6.45) is -0.241. The standard InChI is InChI=1S/C13H11F3N2O5S2/c14-13(15,16)25(21,22)18(17)24(19,20)12-6-2-3-8-9(11-7-23-11)4-1-5-10(8)12/h1-6,11H,7,17H2. The number of ether oxygens (including phenoxy) is 1. The molecule has 1 aliphatic rings. The zero-order valence-electron chi connectivity index (χ0n) is 12.3. The number of fused-ring (bicyclic) bond motifs is 1. The second-order valence-corrected chi connectivity index (χ2v) is 9.02. The molecule has 1 fully saturated rings. The van der Waals surface area contributed by atoms with Gasteiger partial charge in [-0.1, -0.05) is 30.3 Å². The SMILES string of the molecule is NN(S(=O)(=O)c1cccc2c(C3CO3)cccc12)S(=O)(=O)C(F)(F)F. The quantitative estimate of drug-likeness (QED) is 0.478. The summed E-state index contributed by atoms with van der Waals surface area (Å²) in [6, 6.07) is 8.36. The van der Waals surface area contributed by atoms with Crippen molar-refractivity contribution in [3.63, 3.8) is 0 Å². The highest BCUT2D eigenvalue weighted by molar-refractivity contribution is 8.04. The normalized spacial score (nSPS) is 18.7. The van der Waals surface area contributed by atoms with E-state index in [1.54, 1.807) is 12.1 Å². The van der Waals surface area contributed by atoms with E-state index in [1.807, 2.05) is 0 Å². The Labute approximate surface area is 140 Å². The number of hydrogen-bond donors (Lipinski definition) is 1. The largest absolute Gasteiger partial charge is 0.513 e. The van der Waals surface area contributed by atoms with Crippen LogP contribution in [0.4, 0.5) is 13.2 Å². The van der Waals surface area contributed by atoms with Crippen molar-refractivity contribution in [2.45, 2.75) is 16.5 Å². The first-order chi connectivity index (χ1) is 11.5. The summed E-state index contributed by atoms with van der Waals surface area (Å²) in [5, 5.41) is 0.465. The summed E-state index contributed by atoms with van der Waals surface area (Å²) >= 11 is 0. The fourth-order valence-corrected chi connectivity index (χ4v) is 5.00. The number of hydrogen-bond acceptors (Lipinski definition) is 6. The molecule has 7 nitrogen and oxygen atoms in total. The Morgan fingerprint density at radius 1 is 1.04 bits per heavy atom. The van der Waals surface area contributed by atoms with Crippen LogP contribution in [0, 0.1) is 0 Å². The van der Waals surface area contributed by atoms with Gasteiger partial charge in [-0.15, -0.1) is 0 Å². The molecule has 0 aliphatic carbocycles. The Balaban J connectivity index is 2.20. The molecule has 3 rings (SSSR count). The van der Waals surface area contributed by atoms with E-state index in [4.69, 9.17) is 10.6 Å². The summed E-state index contributed by atoms with van der Waals surface area (Å²) < 4.78 is 89.5. The minimum Gasteiger partial charge on any atom is -0.368 e. The molecule has 1 aliphatic heterocycles. The van der Waals surface area contributed by atoms with Crippen LogP contribution in [0.2, 0.25) is 0 Å². The predicted octanol–water partition coefficient (Wildman–Crippen LogP) is 1.63. The monoisotopic (exact) mass is 396 g/mol. The maximum atomic E-state index is 12.6. The molecule has 1 unspecified atom stereocenters. The van der Waals surface area contributed by atoms with Crippen molar-refractivity contribution >= 4 is 30.8 Å². The van der Waals surface area contributed by atoms with Gasteiger partial charge in [-0.3, -0.25) is 0 Å². The Bertz CT molecular complexity index is 1050. The summed E-state index contributed by atoms with van der Waals surface area (Å²) in [6.45, 7) is 0.432. The van der Waals surface area contributed by atoms with Gasteiger partial charge in [0.15, 0.2) is 0 Å². The number of alkyl halides is 3. The zero-order valence-corrected chi connectivity index (χ0v) is 13.9. The lowest BCUT2D eigenvalue weighted by Gasteiger charge is -2.19. The molecule has 12 heteroatoms. The van der Waals surface area contributed by atoms with Crippen molar-refractivity contribution in [2.75, 3.05) is 6.61 Å². The molecule has 0 saturated carbocycles. The number of nitrogens with zero attached hydrogens (tertiary/aromatic N) is 1. The number of epoxide rings is 1. The second kappa shape index (κ2) is 5.64. The lowest BCUT2D eigenvalue weighted by atomic mass is 10.0. The Hall–Kier alpha value is -1.73. The molecule has 1 heterocycles. The second-order valence-electron chi connectivity index (χ2n) is 5.20. The van der Waals surface area contributed by atoms with Gasteiger partial charge in [-0.2, -0.15) is 13.2 Å². The summed E-state index contributed by atoms with van der Waals surface area (Å²) in [5.41, 5.74) is -5.20. The minimum absolute atomic E-state index is 0.0447. The van der Waals surface area contributed by atoms with E-state index in [-0.39, 0.29) is 11.5 Å². The maximum Gasteiger partial charge on any atom is 0.513 e. The number of halogens is 3. The third-order valence-electron chi connectivity index (χ3n) is 3.64. The lowest BCUT2D eigenvalue weighted by molar-refractivity contribution is -0.0469. The van der Waals surface area contributed by atoms with Crippen molar-refractivity contribution < 1.29 is 34.7 Å². The van der Waals surface area contributed by atoms with Crippen molar-refractivity contribution in [1.82, 2.24) is 3.82 Å². The van der Waals surface area contributed by atoms with Crippen LogP contribution in [0.3, 0.4) is 0 Å². The van der Waals surface area contributed by atoms with E-state index >= 15 is 0 Å². The van der Waals surface area contributed by atoms with Crippen molar-refractivity contribution in [3.05, 3.63) is 42.0 Å². The Morgan fingerprint density at radius 3 is 2.16 bits per heavy atom. The smallest absolute Gasteiger partial charge is 0.368 e. The van der Waals surface area contributed by atoms with E-state index < -0.39 is 34.3 Å². The zero-order chi connectivity index (χ0) is 18.6. The van der Waals surface area contributed by atoms with E-state index in [2.05, 4.69) is 0 Å². The minimum atomic E-state index is -6.27. The first-order valence-electron chi connectivity index (χ1n) is 6.72. The van der Waals surface area contributed by atoms with Gasteiger partial charge in [0.2, 0.25) is 0 Å². The third-order valence-corrected chi connectivity index (χ3v) is 7.26. The first-order valence-corrected chi connectivity index (χ1v) is 9.60. The van der Waals surface area contributed by atoms with Crippen LogP contribution < -0.4 is 5.84 Å². The van der Waals surface area contributed by atoms with Crippen molar-refractivity contribution in [2.24, 2.45) is 5.84 Å². The number of sulfonamides is 2. The molecule has 1 saturated heterocycles. The highest BCUT2D eigenvalue weighted by atomic mass is 32.3. The van der Waals surface area contributed by atoms with Gasteiger partial charge in [0.1, 0.15) is 6.10 Å². The first kappa shape index (κ1) is 18.1. The Kier molecular flexibility index (Phi) is 4.08. The Morgan fingerprint density at radius 2 is 1.60 bits per heavy atom. The topological polar surface area (TPSA) is 110 Å². The summed E-state index contributed by atoms with van der Waals surface area (Å²) in [5.74, 6) is 4.86. The van der Waals surface area contributed by atoms with Gasteiger partial charge in [0.05, 0.1) is 11.5 Å². The molecule has 136 valence electrons. The molecule has 25 heavy (non-hydrogen) atoms. The predicted molar refractivity (Wildman–Crippen MR) is 80.8 cm³/mol. The highest BCUT2D eigenvalue weighted by Gasteiger charge is 2.53. The van der Waals surface area contributed by atoms with E-state index in [0.717, 1.165) is 6.07 Å². The number of nitrogens with two attached hydrogens (primary N) is 1. The molecular weight excluding hydrogens is 385 g/mol. The lowest BCUT2D eigenvalue weighted by Crippen LogP contribution is -2.48. The van der Waals surface area contributed by atoms with Gasteiger partial charge in [-0.25, -0.2) is 22.7 Å².